The molecule has 3 amide bonds. The Balaban J connectivity index is 1.87. The number of nitrogens with one attached hydrogen (secondary N) is 3. The highest BCUT2D eigenvalue weighted by Crippen LogP contribution is 2.18. The average molecular weight is 366 g/mol. The molecule has 4 N–H and O–H groups in total. The van der Waals surface area contributed by atoms with Crippen LogP contribution in [0, 0.1) is 0 Å². The zero-order valence-electron chi connectivity index (χ0n) is 13.2. The summed E-state index contributed by atoms with van der Waals surface area (Å²) in [5, 5.41) is 3.18. The number of likely N-dealkylation sites (tertiary alicyclic amines) is 1. The maximum Gasteiger partial charge on any atom is 0.418 e. The lowest BCUT2D eigenvalue weighted by molar-refractivity contribution is -0.143. The summed E-state index contributed by atoms with van der Waals surface area (Å²) < 4.78 is 33.3. The number of hydroxylamine groups is 2. The molecule has 2 rings (SSSR count). The first-order valence-electron chi connectivity index (χ1n) is 7.67. The molecule has 0 aliphatic carbocycles. The lowest BCUT2D eigenvalue weighted by Crippen LogP contribution is -2.55. The van der Waals surface area contributed by atoms with Gasteiger partial charge in [-0.25, -0.2) is 10.3 Å². The molecular weight excluding hydrogens is 344 g/mol. The predicted molar refractivity (Wildman–Crippen MR) is 80.6 cm³/mol. The third-order valence-electron chi connectivity index (χ3n) is 3.94. The molecule has 24 heavy (non-hydrogen) atoms. The predicted octanol–water partition coefficient (Wildman–Crippen LogP) is -0.917. The van der Waals surface area contributed by atoms with Gasteiger partial charge in [0.1, 0.15) is 6.04 Å². The monoisotopic (exact) mass is 366 g/mol. The fourth-order valence-corrected chi connectivity index (χ4v) is 2.96. The van der Waals surface area contributed by atoms with Crippen molar-refractivity contribution < 1.29 is 31.7 Å². The minimum Gasteiger partial charge on any atom is -0.311 e. The summed E-state index contributed by atoms with van der Waals surface area (Å²) in [6, 6.07) is -1.43. The molecule has 3 atom stereocenters. The summed E-state index contributed by atoms with van der Waals surface area (Å²) in [4.78, 5) is 30.7. The van der Waals surface area contributed by atoms with Crippen LogP contribution in [-0.4, -0.2) is 61.1 Å². The SMILES string of the molecule is C[C@H]1CC(ONC(=O)[C@@H]2CCCCN2C(=O)NOS(=O)(=O)O)CN1. The summed E-state index contributed by atoms with van der Waals surface area (Å²) in [5.41, 5.74) is 3.96. The number of urea groups is 1. The van der Waals surface area contributed by atoms with Crippen LogP contribution in [-0.2, 0) is 24.3 Å². The third kappa shape index (κ3) is 5.56. The van der Waals surface area contributed by atoms with Crippen LogP contribution < -0.4 is 16.3 Å². The van der Waals surface area contributed by atoms with Gasteiger partial charge in [0.2, 0.25) is 0 Å². The highest BCUT2D eigenvalue weighted by Gasteiger charge is 2.34. The summed E-state index contributed by atoms with van der Waals surface area (Å²) in [7, 11) is -4.81. The van der Waals surface area contributed by atoms with Crippen LogP contribution in [0.5, 0.6) is 0 Å². The second-order valence-corrected chi connectivity index (χ2v) is 6.90. The van der Waals surface area contributed by atoms with Gasteiger partial charge in [-0.15, -0.1) is 4.28 Å². The highest BCUT2D eigenvalue weighted by atomic mass is 32.3. The van der Waals surface area contributed by atoms with E-state index in [0.717, 1.165) is 17.7 Å². The van der Waals surface area contributed by atoms with Gasteiger partial charge >= 0.3 is 16.4 Å². The van der Waals surface area contributed by atoms with E-state index in [2.05, 4.69) is 15.1 Å². The van der Waals surface area contributed by atoms with Crippen molar-refractivity contribution in [1.82, 2.24) is 21.2 Å². The molecule has 0 spiro atoms. The van der Waals surface area contributed by atoms with Crippen molar-refractivity contribution in [2.45, 2.75) is 50.8 Å². The normalized spacial score (nSPS) is 27.8. The van der Waals surface area contributed by atoms with Crippen molar-refractivity contribution in [3.05, 3.63) is 0 Å². The van der Waals surface area contributed by atoms with Crippen LogP contribution in [0.3, 0.4) is 0 Å². The van der Waals surface area contributed by atoms with E-state index in [9.17, 15) is 18.0 Å². The van der Waals surface area contributed by atoms with Crippen molar-refractivity contribution in [2.24, 2.45) is 0 Å². The molecule has 11 nitrogen and oxygen atoms in total. The van der Waals surface area contributed by atoms with Crippen LogP contribution in [0.1, 0.15) is 32.6 Å². The molecule has 2 aliphatic heterocycles. The van der Waals surface area contributed by atoms with Crippen LogP contribution in [0.15, 0.2) is 0 Å². The van der Waals surface area contributed by atoms with Gasteiger partial charge in [-0.3, -0.25) is 14.2 Å². The number of hydrogen-bond donors (Lipinski definition) is 4. The van der Waals surface area contributed by atoms with Gasteiger partial charge in [0, 0.05) is 19.1 Å². The summed E-state index contributed by atoms with van der Waals surface area (Å²) in [6.45, 7) is 2.88. The fourth-order valence-electron chi connectivity index (χ4n) is 2.79. The molecule has 0 radical (unpaired) electrons. The second-order valence-electron chi connectivity index (χ2n) is 5.87. The van der Waals surface area contributed by atoms with Gasteiger partial charge in [0.25, 0.3) is 5.91 Å². The number of piperidine rings is 1. The Labute approximate surface area is 139 Å². The maximum atomic E-state index is 12.3. The van der Waals surface area contributed by atoms with E-state index >= 15 is 0 Å². The van der Waals surface area contributed by atoms with Crippen LogP contribution in [0.4, 0.5) is 4.79 Å². The number of rotatable bonds is 5. The Hall–Kier alpha value is -1.47. The number of amides is 3. The standard InChI is InChI=1S/C12H22N4O7S/c1-8-6-9(7-13-8)22-14-11(17)10-4-2-3-5-16(10)12(18)15-23-24(19,20)21/h8-10,13H,2-7H2,1H3,(H,14,17)(H,15,18)(H,19,20,21)/t8-,9?,10-/m0/s1. The van der Waals surface area contributed by atoms with Crippen molar-refractivity contribution in [3.63, 3.8) is 0 Å². The van der Waals surface area contributed by atoms with E-state index in [1.54, 1.807) is 5.48 Å². The summed E-state index contributed by atoms with van der Waals surface area (Å²) in [6.07, 6.45) is 2.43. The van der Waals surface area contributed by atoms with Crippen LogP contribution in [0.25, 0.3) is 0 Å². The Morgan fingerprint density at radius 3 is 2.67 bits per heavy atom. The number of hydrogen-bond acceptors (Lipinski definition) is 7. The van der Waals surface area contributed by atoms with E-state index in [0.29, 0.717) is 25.4 Å². The van der Waals surface area contributed by atoms with Gasteiger partial charge < -0.3 is 10.2 Å². The Kier molecular flexibility index (Phi) is 6.34. The lowest BCUT2D eigenvalue weighted by atomic mass is 10.0. The summed E-state index contributed by atoms with van der Waals surface area (Å²) >= 11 is 0. The van der Waals surface area contributed by atoms with Crippen molar-refractivity contribution in [1.29, 1.82) is 0 Å². The molecule has 1 unspecified atom stereocenters. The molecule has 2 aliphatic rings. The molecule has 0 aromatic carbocycles. The maximum absolute atomic E-state index is 12.3. The molecule has 138 valence electrons. The van der Waals surface area contributed by atoms with Gasteiger partial charge in [0.05, 0.1) is 6.10 Å². The molecule has 2 saturated heterocycles. The topological polar surface area (TPSA) is 146 Å². The smallest absolute Gasteiger partial charge is 0.311 e. The van der Waals surface area contributed by atoms with Gasteiger partial charge in [0.15, 0.2) is 0 Å². The van der Waals surface area contributed by atoms with Gasteiger partial charge in [-0.05, 0) is 32.6 Å². The first-order chi connectivity index (χ1) is 11.3. The Morgan fingerprint density at radius 2 is 2.04 bits per heavy atom. The number of carbonyl (C=O) groups is 2. The fraction of sp³-hybridized carbons (Fsp3) is 0.833. The molecule has 12 heteroatoms. The minimum atomic E-state index is -4.81. The molecule has 0 saturated carbocycles. The second kappa shape index (κ2) is 8.07. The molecule has 0 aromatic heterocycles. The lowest BCUT2D eigenvalue weighted by Gasteiger charge is -2.34. The first kappa shape index (κ1) is 18.9. The largest absolute Gasteiger partial charge is 0.418 e. The third-order valence-corrected chi connectivity index (χ3v) is 4.23. The van der Waals surface area contributed by atoms with E-state index < -0.39 is 28.4 Å². The Morgan fingerprint density at radius 1 is 1.29 bits per heavy atom. The first-order valence-corrected chi connectivity index (χ1v) is 9.04. The van der Waals surface area contributed by atoms with Crippen molar-refractivity contribution in [2.75, 3.05) is 13.1 Å². The number of nitrogens with zero attached hydrogens (tertiary/aromatic N) is 1. The van der Waals surface area contributed by atoms with E-state index in [1.807, 2.05) is 6.92 Å². The zero-order chi connectivity index (χ0) is 17.7. The minimum absolute atomic E-state index is 0.141. The molecule has 0 aromatic rings. The Bertz CT molecular complexity index is 570. The molecular formula is C12H22N4O7S. The van der Waals surface area contributed by atoms with Gasteiger partial charge in [-0.2, -0.15) is 13.9 Å². The molecule has 2 heterocycles. The number of carbonyl (C=O) groups excluding carboxylic acids is 2. The van der Waals surface area contributed by atoms with E-state index in [1.165, 1.54) is 0 Å². The highest BCUT2D eigenvalue weighted by molar-refractivity contribution is 7.80. The quantitative estimate of drug-likeness (QED) is 0.361. The van der Waals surface area contributed by atoms with Crippen molar-refractivity contribution in [3.8, 4) is 0 Å². The molecule has 0 bridgehead atoms. The van der Waals surface area contributed by atoms with E-state index in [4.69, 9.17) is 9.39 Å². The van der Waals surface area contributed by atoms with Crippen molar-refractivity contribution >= 4 is 22.3 Å². The molecule has 2 fully saturated rings. The van der Waals surface area contributed by atoms with Crippen LogP contribution >= 0.6 is 0 Å². The average Bonchev–Trinajstić information content (AvgIpc) is 2.95. The van der Waals surface area contributed by atoms with Crippen LogP contribution in [0.2, 0.25) is 0 Å². The summed E-state index contributed by atoms with van der Waals surface area (Å²) in [5.74, 6) is -0.490. The zero-order valence-corrected chi connectivity index (χ0v) is 14.0. The van der Waals surface area contributed by atoms with E-state index in [-0.39, 0.29) is 12.6 Å². The van der Waals surface area contributed by atoms with Gasteiger partial charge in [-0.1, -0.05) is 0 Å².